The number of anilines is 2. The normalized spacial score (nSPS) is 10.5. The molecule has 0 aliphatic heterocycles. The lowest BCUT2D eigenvalue weighted by Crippen LogP contribution is -2.00. The van der Waals surface area contributed by atoms with Crippen LogP contribution in [0.15, 0.2) is 48.8 Å². The summed E-state index contributed by atoms with van der Waals surface area (Å²) in [6.45, 7) is 2.01. The molecule has 0 atom stereocenters. The van der Waals surface area contributed by atoms with Crippen molar-refractivity contribution < 1.29 is 9.90 Å². The number of aromatic nitrogens is 2. The fraction of sp³-hybridized carbons (Fsp3) is 0.0625. The Hall–Kier alpha value is -2.95. The largest absolute Gasteiger partial charge is 0.478 e. The van der Waals surface area contributed by atoms with Crippen LogP contribution in [0.2, 0.25) is 0 Å². The lowest BCUT2D eigenvalue weighted by atomic mass is 10.1. The van der Waals surface area contributed by atoms with Gasteiger partial charge in [-0.3, -0.25) is 0 Å². The third-order valence-electron chi connectivity index (χ3n) is 3.28. The van der Waals surface area contributed by atoms with Gasteiger partial charge in [0.25, 0.3) is 0 Å². The summed E-state index contributed by atoms with van der Waals surface area (Å²) < 4.78 is 0. The maximum Gasteiger partial charge on any atom is 0.335 e. The number of rotatable bonds is 3. The third-order valence-corrected chi connectivity index (χ3v) is 3.28. The van der Waals surface area contributed by atoms with Crippen LogP contribution in [0.4, 0.5) is 11.5 Å². The number of fused-ring (bicyclic) bond motifs is 1. The highest BCUT2D eigenvalue weighted by atomic mass is 16.4. The molecule has 104 valence electrons. The van der Waals surface area contributed by atoms with E-state index in [-0.39, 0.29) is 5.56 Å². The zero-order valence-electron chi connectivity index (χ0n) is 11.4. The molecule has 0 aliphatic carbocycles. The molecule has 0 saturated carbocycles. The Morgan fingerprint density at radius 2 is 1.95 bits per heavy atom. The van der Waals surface area contributed by atoms with Gasteiger partial charge in [-0.05, 0) is 36.8 Å². The summed E-state index contributed by atoms with van der Waals surface area (Å²) in [7, 11) is 0. The topological polar surface area (TPSA) is 75.1 Å². The Morgan fingerprint density at radius 3 is 2.71 bits per heavy atom. The van der Waals surface area contributed by atoms with Crippen LogP contribution in [-0.4, -0.2) is 21.0 Å². The minimum Gasteiger partial charge on any atom is -0.478 e. The van der Waals surface area contributed by atoms with E-state index in [9.17, 15) is 4.79 Å². The van der Waals surface area contributed by atoms with E-state index >= 15 is 0 Å². The first-order chi connectivity index (χ1) is 10.1. The zero-order valence-corrected chi connectivity index (χ0v) is 11.4. The van der Waals surface area contributed by atoms with Crippen LogP contribution in [0.5, 0.6) is 0 Å². The van der Waals surface area contributed by atoms with E-state index in [0.717, 1.165) is 16.6 Å². The molecule has 1 heterocycles. The van der Waals surface area contributed by atoms with Gasteiger partial charge in [0.05, 0.1) is 11.1 Å². The fourth-order valence-corrected chi connectivity index (χ4v) is 2.13. The van der Waals surface area contributed by atoms with Crippen molar-refractivity contribution in [3.8, 4) is 0 Å². The van der Waals surface area contributed by atoms with E-state index in [1.165, 1.54) is 6.33 Å². The molecular formula is C16H13N3O2. The first-order valence-corrected chi connectivity index (χ1v) is 6.46. The summed E-state index contributed by atoms with van der Waals surface area (Å²) in [5.41, 5.74) is 2.87. The quantitative estimate of drug-likeness (QED) is 0.768. The van der Waals surface area contributed by atoms with Crippen LogP contribution in [0, 0.1) is 6.92 Å². The van der Waals surface area contributed by atoms with E-state index in [4.69, 9.17) is 5.11 Å². The smallest absolute Gasteiger partial charge is 0.335 e. The van der Waals surface area contributed by atoms with Crippen molar-refractivity contribution >= 4 is 28.4 Å². The van der Waals surface area contributed by atoms with E-state index in [2.05, 4.69) is 15.3 Å². The first kappa shape index (κ1) is 13.1. The van der Waals surface area contributed by atoms with Gasteiger partial charge >= 0.3 is 5.97 Å². The molecule has 0 radical (unpaired) electrons. The second-order valence-corrected chi connectivity index (χ2v) is 4.70. The highest BCUT2D eigenvalue weighted by Crippen LogP contribution is 2.25. The molecule has 0 spiro atoms. The summed E-state index contributed by atoms with van der Waals surface area (Å²) in [6, 6.07) is 12.7. The van der Waals surface area contributed by atoms with Crippen LogP contribution in [0.25, 0.3) is 10.9 Å². The van der Waals surface area contributed by atoms with Crippen molar-refractivity contribution in [1.82, 2.24) is 9.97 Å². The highest BCUT2D eigenvalue weighted by Gasteiger charge is 2.09. The van der Waals surface area contributed by atoms with Gasteiger partial charge in [0, 0.05) is 11.1 Å². The maximum absolute atomic E-state index is 11.0. The standard InChI is InChI=1S/C16H13N3O2/c1-10-4-2-3-5-13(10)19-15-12-7-6-11(16(20)21)8-14(12)17-9-18-15/h2-9H,1H3,(H,20,21)(H,17,18,19). The summed E-state index contributed by atoms with van der Waals surface area (Å²) in [5, 5.41) is 13.1. The van der Waals surface area contributed by atoms with Gasteiger partial charge in [0.1, 0.15) is 12.1 Å². The molecule has 0 bridgehead atoms. The lowest BCUT2D eigenvalue weighted by Gasteiger charge is -2.10. The molecule has 3 aromatic rings. The summed E-state index contributed by atoms with van der Waals surface area (Å²) in [5.74, 6) is -0.310. The van der Waals surface area contributed by atoms with Gasteiger partial charge in [-0.1, -0.05) is 18.2 Å². The average Bonchev–Trinajstić information content (AvgIpc) is 2.49. The van der Waals surface area contributed by atoms with Crippen molar-refractivity contribution in [2.24, 2.45) is 0 Å². The van der Waals surface area contributed by atoms with E-state index in [1.54, 1.807) is 18.2 Å². The minimum atomic E-state index is -0.969. The summed E-state index contributed by atoms with van der Waals surface area (Å²) in [4.78, 5) is 19.4. The SMILES string of the molecule is Cc1ccccc1Nc1ncnc2cc(C(=O)O)ccc12. The van der Waals surface area contributed by atoms with Gasteiger partial charge in [0.15, 0.2) is 0 Å². The van der Waals surface area contributed by atoms with E-state index in [1.807, 2.05) is 31.2 Å². The second kappa shape index (κ2) is 5.20. The van der Waals surface area contributed by atoms with Gasteiger partial charge < -0.3 is 10.4 Å². The number of nitrogens with one attached hydrogen (secondary N) is 1. The number of nitrogens with zero attached hydrogens (tertiary/aromatic N) is 2. The molecule has 2 N–H and O–H groups in total. The molecule has 0 saturated heterocycles. The number of aryl methyl sites for hydroxylation is 1. The van der Waals surface area contributed by atoms with Crippen molar-refractivity contribution in [2.75, 3.05) is 5.32 Å². The van der Waals surface area contributed by atoms with E-state index in [0.29, 0.717) is 11.3 Å². The van der Waals surface area contributed by atoms with Gasteiger partial charge in [-0.25, -0.2) is 14.8 Å². The number of aromatic carboxylic acids is 1. The zero-order chi connectivity index (χ0) is 14.8. The molecule has 0 aliphatic rings. The molecule has 0 fully saturated rings. The summed E-state index contributed by atoms with van der Waals surface area (Å²) >= 11 is 0. The number of hydrogen-bond acceptors (Lipinski definition) is 4. The van der Waals surface area contributed by atoms with E-state index < -0.39 is 5.97 Å². The molecule has 1 aromatic heterocycles. The van der Waals surface area contributed by atoms with Crippen molar-refractivity contribution in [2.45, 2.75) is 6.92 Å². The predicted octanol–water partition coefficient (Wildman–Crippen LogP) is 3.38. The van der Waals surface area contributed by atoms with Crippen LogP contribution >= 0.6 is 0 Å². The molecule has 2 aromatic carbocycles. The van der Waals surface area contributed by atoms with Crippen LogP contribution in [0.3, 0.4) is 0 Å². The first-order valence-electron chi connectivity index (χ1n) is 6.46. The van der Waals surface area contributed by atoms with Crippen molar-refractivity contribution in [3.05, 3.63) is 59.9 Å². The van der Waals surface area contributed by atoms with Crippen LogP contribution < -0.4 is 5.32 Å². The molecule has 0 unspecified atom stereocenters. The van der Waals surface area contributed by atoms with Crippen molar-refractivity contribution in [3.63, 3.8) is 0 Å². The van der Waals surface area contributed by atoms with Crippen molar-refractivity contribution in [1.29, 1.82) is 0 Å². The number of hydrogen-bond donors (Lipinski definition) is 2. The Bertz CT molecular complexity index is 831. The van der Waals surface area contributed by atoms with Crippen LogP contribution in [-0.2, 0) is 0 Å². The van der Waals surface area contributed by atoms with Gasteiger partial charge in [-0.2, -0.15) is 0 Å². The Morgan fingerprint density at radius 1 is 1.14 bits per heavy atom. The average molecular weight is 279 g/mol. The highest BCUT2D eigenvalue weighted by molar-refractivity contribution is 5.97. The Kier molecular flexibility index (Phi) is 3.23. The summed E-state index contributed by atoms with van der Waals surface area (Å²) in [6.07, 6.45) is 1.43. The number of benzene rings is 2. The molecule has 5 heteroatoms. The van der Waals surface area contributed by atoms with Gasteiger partial charge in [-0.15, -0.1) is 0 Å². The van der Waals surface area contributed by atoms with Crippen LogP contribution in [0.1, 0.15) is 15.9 Å². The third kappa shape index (κ3) is 2.53. The molecule has 0 amide bonds. The minimum absolute atomic E-state index is 0.211. The monoisotopic (exact) mass is 279 g/mol. The number of carboxylic acid groups (broad SMARTS) is 1. The Labute approximate surface area is 121 Å². The second-order valence-electron chi connectivity index (χ2n) is 4.70. The molecule has 5 nitrogen and oxygen atoms in total. The Balaban J connectivity index is 2.07. The number of carboxylic acids is 1. The fourth-order valence-electron chi connectivity index (χ4n) is 2.13. The molecule has 21 heavy (non-hydrogen) atoms. The molecule has 3 rings (SSSR count). The number of carbonyl (C=O) groups is 1. The number of para-hydroxylation sites is 1. The molecular weight excluding hydrogens is 266 g/mol. The lowest BCUT2D eigenvalue weighted by molar-refractivity contribution is 0.0697. The predicted molar refractivity (Wildman–Crippen MR) is 81.0 cm³/mol. The maximum atomic E-state index is 11.0. The van der Waals surface area contributed by atoms with Gasteiger partial charge in [0.2, 0.25) is 0 Å².